The van der Waals surface area contributed by atoms with Crippen molar-refractivity contribution >= 4 is 23.9 Å². The van der Waals surface area contributed by atoms with Crippen LogP contribution in [0.4, 0.5) is 0 Å². The summed E-state index contributed by atoms with van der Waals surface area (Å²) < 4.78 is 33.9. The summed E-state index contributed by atoms with van der Waals surface area (Å²) in [6.07, 6.45) is 0.646. The monoisotopic (exact) mass is 764 g/mol. The molecule has 0 bridgehead atoms. The number of hydrogen-bond donors (Lipinski definition) is 0. The van der Waals surface area contributed by atoms with Gasteiger partial charge in [0.25, 0.3) is 0 Å². The van der Waals surface area contributed by atoms with E-state index in [4.69, 9.17) is 28.4 Å². The number of methoxy groups -OCH3 is 1. The van der Waals surface area contributed by atoms with E-state index in [9.17, 15) is 19.2 Å². The fourth-order valence-electron chi connectivity index (χ4n) is 5.77. The molecule has 1 atom stereocenters. The lowest BCUT2D eigenvalue weighted by Gasteiger charge is -2.36. The molecule has 0 radical (unpaired) electrons. The van der Waals surface area contributed by atoms with Crippen LogP contribution in [-0.2, 0) is 49.3 Å². The Morgan fingerprint density at radius 2 is 1.02 bits per heavy atom. The number of ether oxygens (including phenoxy) is 6. The van der Waals surface area contributed by atoms with Gasteiger partial charge in [-0.1, -0.05) is 12.1 Å². The van der Waals surface area contributed by atoms with Crippen LogP contribution in [0.25, 0.3) is 0 Å². The van der Waals surface area contributed by atoms with Crippen LogP contribution in [-0.4, -0.2) is 165 Å². The molecule has 1 aromatic rings. The Balaban J connectivity index is 2.35. The highest BCUT2D eigenvalue weighted by Gasteiger charge is 2.30. The summed E-state index contributed by atoms with van der Waals surface area (Å²) in [5.41, 5.74) is -0.882. The molecule has 1 heterocycles. The normalized spacial score (nSPS) is 17.1. The molecule has 0 spiro atoms. The lowest BCUT2D eigenvalue weighted by Crippen LogP contribution is -2.53. The summed E-state index contributed by atoms with van der Waals surface area (Å²) >= 11 is 0. The van der Waals surface area contributed by atoms with E-state index < -0.39 is 28.8 Å². The van der Waals surface area contributed by atoms with Gasteiger partial charge in [0.1, 0.15) is 28.6 Å². The molecule has 1 aromatic carbocycles. The van der Waals surface area contributed by atoms with Gasteiger partial charge in [-0.2, -0.15) is 0 Å². The molecule has 1 aliphatic rings. The fourth-order valence-corrected chi connectivity index (χ4v) is 5.77. The van der Waals surface area contributed by atoms with Gasteiger partial charge in [0.15, 0.2) is 0 Å². The van der Waals surface area contributed by atoms with E-state index >= 15 is 0 Å². The second kappa shape index (κ2) is 22.3. The smallest absolute Gasteiger partial charge is 0.325 e. The van der Waals surface area contributed by atoms with E-state index in [0.29, 0.717) is 72.0 Å². The molecule has 308 valence electrons. The molecule has 1 aliphatic heterocycles. The average molecular weight is 765 g/mol. The molecule has 0 aliphatic carbocycles. The Morgan fingerprint density at radius 3 is 1.37 bits per heavy atom. The van der Waals surface area contributed by atoms with E-state index in [1.807, 2.05) is 113 Å². The van der Waals surface area contributed by atoms with E-state index in [1.54, 1.807) is 0 Å². The summed E-state index contributed by atoms with van der Waals surface area (Å²) in [4.78, 5) is 60.3. The van der Waals surface area contributed by atoms with E-state index in [0.717, 1.165) is 11.3 Å². The summed E-state index contributed by atoms with van der Waals surface area (Å²) in [5, 5.41) is 0. The standard InChI is InChI=1S/C40H68N4O10/c1-12-51-32-15-13-31(14-16-32)17-26-50-30-33(37(48)49-11)44-24-22-42(28-35(46)53-39(5,6)7)20-18-41(27-34(45)52-38(2,3)4)19-21-43(23-25-44)29-36(47)54-40(8,9)10/h13-16,33H,12,17-30H2,1-11H3. The third-order valence-corrected chi connectivity index (χ3v) is 8.15. The number of nitrogens with zero attached hydrogens (tertiary/aromatic N) is 4. The van der Waals surface area contributed by atoms with Gasteiger partial charge in [0.05, 0.1) is 46.6 Å². The van der Waals surface area contributed by atoms with Crippen LogP contribution in [0.2, 0.25) is 0 Å². The SMILES string of the molecule is CCOc1ccc(CCOCC(C(=O)OC)N2CCN(CC(=O)OC(C)(C)C)CCN(CC(=O)OC(C)(C)C)CCN(CC(=O)OC(C)(C)C)CC2)cc1. The van der Waals surface area contributed by atoms with Crippen LogP contribution in [0.3, 0.4) is 0 Å². The molecular formula is C40H68N4O10. The van der Waals surface area contributed by atoms with Crippen molar-refractivity contribution in [3.63, 3.8) is 0 Å². The highest BCUT2D eigenvalue weighted by Crippen LogP contribution is 2.15. The first-order valence-electron chi connectivity index (χ1n) is 19.1. The molecule has 54 heavy (non-hydrogen) atoms. The Hall–Kier alpha value is -3.30. The molecule has 0 amide bonds. The predicted molar refractivity (Wildman–Crippen MR) is 206 cm³/mol. The molecule has 1 saturated heterocycles. The molecule has 0 saturated carbocycles. The number of rotatable bonds is 15. The minimum absolute atomic E-state index is 0.0254. The van der Waals surface area contributed by atoms with Crippen molar-refractivity contribution in [1.29, 1.82) is 0 Å². The number of esters is 4. The van der Waals surface area contributed by atoms with E-state index in [1.165, 1.54) is 7.11 Å². The number of benzene rings is 1. The zero-order valence-corrected chi connectivity index (χ0v) is 34.9. The van der Waals surface area contributed by atoms with Gasteiger partial charge in [-0.3, -0.25) is 38.8 Å². The third-order valence-electron chi connectivity index (χ3n) is 8.15. The lowest BCUT2D eigenvalue weighted by molar-refractivity contribution is -0.159. The van der Waals surface area contributed by atoms with Gasteiger partial charge in [-0.25, -0.2) is 0 Å². The van der Waals surface area contributed by atoms with Crippen molar-refractivity contribution in [3.8, 4) is 5.75 Å². The first-order valence-corrected chi connectivity index (χ1v) is 19.1. The molecule has 14 heteroatoms. The molecule has 1 fully saturated rings. The van der Waals surface area contributed by atoms with Crippen LogP contribution in [0.15, 0.2) is 24.3 Å². The van der Waals surface area contributed by atoms with Crippen molar-refractivity contribution < 1.29 is 47.6 Å². The van der Waals surface area contributed by atoms with Crippen molar-refractivity contribution in [1.82, 2.24) is 19.6 Å². The highest BCUT2D eigenvalue weighted by molar-refractivity contribution is 5.76. The zero-order chi connectivity index (χ0) is 40.5. The average Bonchev–Trinajstić information content (AvgIpc) is 3.03. The maximum atomic E-state index is 13.3. The molecule has 14 nitrogen and oxygen atoms in total. The summed E-state index contributed by atoms with van der Waals surface area (Å²) in [6, 6.07) is 7.10. The van der Waals surface area contributed by atoms with Gasteiger partial charge in [0.2, 0.25) is 0 Å². The maximum absolute atomic E-state index is 13.3. The first kappa shape index (κ1) is 46.9. The quantitative estimate of drug-likeness (QED) is 0.147. The van der Waals surface area contributed by atoms with Crippen LogP contribution in [0, 0.1) is 0 Å². The Morgan fingerprint density at radius 1 is 0.630 bits per heavy atom. The Labute approximate surface area is 323 Å². The summed E-state index contributed by atoms with van der Waals surface area (Å²) in [7, 11) is 1.36. The number of hydrogen-bond acceptors (Lipinski definition) is 14. The zero-order valence-electron chi connectivity index (χ0n) is 34.9. The minimum Gasteiger partial charge on any atom is -0.494 e. The summed E-state index contributed by atoms with van der Waals surface area (Å²) in [5.74, 6) is -0.734. The van der Waals surface area contributed by atoms with Gasteiger partial charge >= 0.3 is 23.9 Å². The van der Waals surface area contributed by atoms with Gasteiger partial charge in [0, 0.05) is 52.4 Å². The molecular weight excluding hydrogens is 696 g/mol. The molecule has 0 aromatic heterocycles. The van der Waals surface area contributed by atoms with Crippen LogP contribution >= 0.6 is 0 Å². The van der Waals surface area contributed by atoms with Crippen molar-refractivity contribution in [3.05, 3.63) is 29.8 Å². The fraction of sp³-hybridized carbons (Fsp3) is 0.750. The van der Waals surface area contributed by atoms with E-state index in [-0.39, 0.29) is 44.1 Å². The number of carbonyl (C=O) groups is 4. The first-order chi connectivity index (χ1) is 25.2. The van der Waals surface area contributed by atoms with E-state index in [2.05, 4.69) is 0 Å². The van der Waals surface area contributed by atoms with Crippen molar-refractivity contribution in [2.75, 3.05) is 98.9 Å². The molecule has 2 rings (SSSR count). The maximum Gasteiger partial charge on any atom is 0.325 e. The predicted octanol–water partition coefficient (Wildman–Crippen LogP) is 3.43. The third kappa shape index (κ3) is 20.4. The van der Waals surface area contributed by atoms with Gasteiger partial charge in [-0.05, 0) is 93.4 Å². The molecule has 1 unspecified atom stereocenters. The van der Waals surface area contributed by atoms with Gasteiger partial charge < -0.3 is 28.4 Å². The lowest BCUT2D eigenvalue weighted by atomic mass is 10.1. The second-order valence-electron chi connectivity index (χ2n) is 16.6. The van der Waals surface area contributed by atoms with Crippen molar-refractivity contribution in [2.45, 2.75) is 98.5 Å². The molecule has 0 N–H and O–H groups in total. The minimum atomic E-state index is -0.742. The Kier molecular flexibility index (Phi) is 19.4. The summed E-state index contributed by atoms with van der Waals surface area (Å²) in [6.45, 7) is 22.9. The topological polar surface area (TPSA) is 137 Å². The largest absolute Gasteiger partial charge is 0.494 e. The van der Waals surface area contributed by atoms with Crippen molar-refractivity contribution in [2.24, 2.45) is 0 Å². The number of carbonyl (C=O) groups excluding carboxylic acids is 4. The van der Waals surface area contributed by atoms with Gasteiger partial charge in [-0.15, -0.1) is 0 Å². The van der Waals surface area contributed by atoms with Crippen LogP contribution < -0.4 is 4.74 Å². The van der Waals surface area contributed by atoms with Crippen LogP contribution in [0.1, 0.15) is 74.8 Å². The van der Waals surface area contributed by atoms with Crippen LogP contribution in [0.5, 0.6) is 5.75 Å². The highest BCUT2D eigenvalue weighted by atomic mass is 16.6. The Bertz CT molecular complexity index is 1260. The second-order valence-corrected chi connectivity index (χ2v) is 16.6.